The third-order valence-corrected chi connectivity index (χ3v) is 11.0. The summed E-state index contributed by atoms with van der Waals surface area (Å²) in [4.78, 5) is 29.3. The van der Waals surface area contributed by atoms with Crippen LogP contribution in [0.5, 0.6) is 5.75 Å². The first kappa shape index (κ1) is 31.3. The number of likely N-dealkylation sites (N-methyl/N-ethyl adjacent to an activating group) is 1. The van der Waals surface area contributed by atoms with E-state index in [4.69, 9.17) is 9.47 Å². The molecular weight excluding hydrogens is 592 g/mol. The number of benzene rings is 2. The van der Waals surface area contributed by atoms with Crippen molar-refractivity contribution in [2.75, 3.05) is 41.5 Å². The Labute approximate surface area is 265 Å². The molecule has 1 aromatic heterocycles. The lowest BCUT2D eigenvalue weighted by Crippen LogP contribution is -2.41. The number of methoxy groups -OCH3 is 1. The van der Waals surface area contributed by atoms with Gasteiger partial charge in [0.05, 0.1) is 19.3 Å². The fourth-order valence-corrected chi connectivity index (χ4v) is 7.58. The molecule has 6 rings (SSSR count). The second-order valence-corrected chi connectivity index (χ2v) is 14.4. The number of hydrogen-bond donors (Lipinski definition) is 1. The van der Waals surface area contributed by atoms with Crippen molar-refractivity contribution in [1.82, 2.24) is 18.5 Å². The van der Waals surface area contributed by atoms with E-state index in [0.29, 0.717) is 37.0 Å². The van der Waals surface area contributed by atoms with E-state index in [1.807, 2.05) is 36.2 Å². The minimum Gasteiger partial charge on any atom is -0.497 e. The maximum Gasteiger partial charge on any atom is 0.303 e. The summed E-state index contributed by atoms with van der Waals surface area (Å²) in [6.07, 6.45) is 9.19. The van der Waals surface area contributed by atoms with E-state index in [2.05, 4.69) is 15.4 Å². The van der Waals surface area contributed by atoms with Crippen LogP contribution in [0.3, 0.4) is 0 Å². The molecule has 1 N–H and O–H groups in total. The normalized spacial score (nSPS) is 17.8. The van der Waals surface area contributed by atoms with Gasteiger partial charge in [0.2, 0.25) is 0 Å². The van der Waals surface area contributed by atoms with E-state index in [1.54, 1.807) is 19.2 Å². The number of carbonyl (C=O) groups is 2. The van der Waals surface area contributed by atoms with Crippen LogP contribution >= 0.6 is 0 Å². The minimum atomic E-state index is -3.97. The maximum absolute atomic E-state index is 14.2. The molecule has 2 amide bonds. The molecule has 0 unspecified atom stereocenters. The molecule has 3 aliphatic rings. The fraction of sp³-hybridized carbons (Fsp3) is 0.471. The van der Waals surface area contributed by atoms with Crippen molar-refractivity contribution in [2.24, 2.45) is 0 Å². The summed E-state index contributed by atoms with van der Waals surface area (Å²) in [5, 5.41) is 1.03. The van der Waals surface area contributed by atoms with Crippen LogP contribution in [-0.4, -0.2) is 81.5 Å². The van der Waals surface area contributed by atoms with Crippen molar-refractivity contribution in [1.29, 1.82) is 0 Å². The van der Waals surface area contributed by atoms with Crippen molar-refractivity contribution in [3.8, 4) is 17.0 Å². The zero-order valence-corrected chi connectivity index (χ0v) is 27.3. The smallest absolute Gasteiger partial charge is 0.303 e. The number of nitrogens with zero attached hydrogens (tertiary/aromatic N) is 3. The summed E-state index contributed by atoms with van der Waals surface area (Å²) < 4.78 is 41.4. The van der Waals surface area contributed by atoms with Crippen molar-refractivity contribution in [2.45, 2.75) is 63.5 Å². The molecule has 11 heteroatoms. The van der Waals surface area contributed by atoms with Crippen LogP contribution in [0.15, 0.2) is 42.0 Å². The average Bonchev–Trinajstić information content (AvgIpc) is 3.26. The van der Waals surface area contributed by atoms with E-state index in [0.717, 1.165) is 70.6 Å². The Hall–Kier alpha value is -3.67. The highest BCUT2D eigenvalue weighted by Crippen LogP contribution is 2.47. The first-order valence-corrected chi connectivity index (χ1v) is 17.2. The number of carbonyl (C=O) groups excluding carboxylic acids is 2. The molecule has 1 aliphatic carbocycles. The van der Waals surface area contributed by atoms with E-state index in [1.165, 1.54) is 26.1 Å². The average molecular weight is 635 g/mol. The van der Waals surface area contributed by atoms with Gasteiger partial charge in [-0.05, 0) is 79.1 Å². The number of fused-ring (bicyclic) bond motifs is 5. The molecule has 2 aromatic carbocycles. The number of ether oxygens (including phenoxy) is 2. The van der Waals surface area contributed by atoms with Gasteiger partial charge >= 0.3 is 10.2 Å². The lowest BCUT2D eigenvalue weighted by Gasteiger charge is -2.32. The summed E-state index contributed by atoms with van der Waals surface area (Å²) in [6.45, 7) is 1.57. The third-order valence-electron chi connectivity index (χ3n) is 9.59. The summed E-state index contributed by atoms with van der Waals surface area (Å²) in [7, 11) is 2.28. The quantitative estimate of drug-likeness (QED) is 0.395. The lowest BCUT2D eigenvalue weighted by atomic mass is 9.81. The van der Waals surface area contributed by atoms with Gasteiger partial charge < -0.3 is 18.9 Å². The Morgan fingerprint density at radius 3 is 2.40 bits per heavy atom. The second-order valence-electron chi connectivity index (χ2n) is 12.5. The van der Waals surface area contributed by atoms with Crippen LogP contribution in [0, 0.1) is 0 Å². The molecule has 1 saturated heterocycles. The molecule has 0 radical (unpaired) electrons. The van der Waals surface area contributed by atoms with Gasteiger partial charge in [-0.15, -0.1) is 0 Å². The molecule has 240 valence electrons. The van der Waals surface area contributed by atoms with Gasteiger partial charge in [0.25, 0.3) is 11.8 Å². The van der Waals surface area contributed by atoms with Crippen molar-refractivity contribution < 1.29 is 27.5 Å². The number of amides is 2. The van der Waals surface area contributed by atoms with E-state index < -0.39 is 16.1 Å². The Kier molecular flexibility index (Phi) is 8.78. The summed E-state index contributed by atoms with van der Waals surface area (Å²) >= 11 is 0. The monoisotopic (exact) mass is 634 g/mol. The predicted molar refractivity (Wildman–Crippen MR) is 174 cm³/mol. The van der Waals surface area contributed by atoms with Crippen molar-refractivity contribution >= 4 is 39.0 Å². The van der Waals surface area contributed by atoms with Gasteiger partial charge in [0.1, 0.15) is 5.75 Å². The molecule has 1 saturated carbocycles. The zero-order chi connectivity index (χ0) is 31.9. The van der Waals surface area contributed by atoms with Gasteiger partial charge in [-0.3, -0.25) is 9.59 Å². The van der Waals surface area contributed by atoms with Gasteiger partial charge in [0, 0.05) is 68.0 Å². The molecule has 0 spiro atoms. The Bertz CT molecular complexity index is 1760. The van der Waals surface area contributed by atoms with Crippen LogP contribution < -0.4 is 9.46 Å². The highest BCUT2D eigenvalue weighted by atomic mass is 32.2. The van der Waals surface area contributed by atoms with Crippen molar-refractivity contribution in [3.63, 3.8) is 0 Å². The van der Waals surface area contributed by atoms with Crippen molar-refractivity contribution in [3.05, 3.63) is 58.7 Å². The Morgan fingerprint density at radius 2 is 1.71 bits per heavy atom. The number of nitrogens with one attached hydrogen (secondary N) is 1. The van der Waals surface area contributed by atoms with E-state index in [9.17, 15) is 18.0 Å². The van der Waals surface area contributed by atoms with Crippen LogP contribution in [-0.2, 0) is 26.3 Å². The number of aromatic nitrogens is 1. The zero-order valence-electron chi connectivity index (χ0n) is 26.5. The van der Waals surface area contributed by atoms with Crippen LogP contribution in [0.1, 0.15) is 72.3 Å². The largest absolute Gasteiger partial charge is 0.497 e. The molecule has 3 aromatic rings. The predicted octanol–water partition coefficient (Wildman–Crippen LogP) is 4.94. The number of hydrogen-bond acceptors (Lipinski definition) is 6. The van der Waals surface area contributed by atoms with Crippen LogP contribution in [0.2, 0.25) is 0 Å². The first-order valence-electron chi connectivity index (χ1n) is 15.7. The molecule has 45 heavy (non-hydrogen) atoms. The Morgan fingerprint density at radius 1 is 0.978 bits per heavy atom. The highest BCUT2D eigenvalue weighted by molar-refractivity contribution is 7.87. The second kappa shape index (κ2) is 12.6. The summed E-state index contributed by atoms with van der Waals surface area (Å²) in [5.41, 5.74) is 5.85. The lowest BCUT2D eigenvalue weighted by molar-refractivity contribution is -0.129. The summed E-state index contributed by atoms with van der Waals surface area (Å²) in [5.74, 6) is 0.281. The number of rotatable bonds is 7. The SMILES string of the molecule is COc1ccc2c(c1)C=C(C(=O)N(C)C1CCOCC1)Cn1c-2c(C2CCCCC2)c2ccc(C(=O)NS(=O)(=O)N(C)C)cc21. The summed E-state index contributed by atoms with van der Waals surface area (Å²) in [6, 6.07) is 11.5. The van der Waals surface area contributed by atoms with Crippen LogP contribution in [0.4, 0.5) is 0 Å². The van der Waals surface area contributed by atoms with Crippen LogP contribution in [0.25, 0.3) is 28.2 Å². The molecule has 0 bridgehead atoms. The first-order chi connectivity index (χ1) is 21.6. The van der Waals surface area contributed by atoms with Gasteiger partial charge in [-0.25, -0.2) is 4.72 Å². The highest BCUT2D eigenvalue weighted by Gasteiger charge is 2.32. The van der Waals surface area contributed by atoms with E-state index >= 15 is 0 Å². The minimum absolute atomic E-state index is 0.0458. The molecule has 0 atom stereocenters. The maximum atomic E-state index is 14.2. The van der Waals surface area contributed by atoms with E-state index in [-0.39, 0.29) is 17.5 Å². The molecule has 3 heterocycles. The third kappa shape index (κ3) is 6.01. The molecular formula is C34H42N4O6S. The molecule has 10 nitrogen and oxygen atoms in total. The fourth-order valence-electron chi connectivity index (χ4n) is 7.04. The van der Waals surface area contributed by atoms with Gasteiger partial charge in [0.15, 0.2) is 0 Å². The molecule has 2 fully saturated rings. The standard InChI is InChI=1S/C34H42N4O6S/c1-36(2)45(41,42)35-33(39)23-10-12-29-30(20-23)38-21-25(34(40)37(3)26-14-16-44-17-15-26)18-24-19-27(43-4)11-13-28(24)32(38)31(29)22-8-6-5-7-9-22/h10-13,18-20,22,26H,5-9,14-17,21H2,1-4H3,(H,35,39). The van der Waals surface area contributed by atoms with Gasteiger partial charge in [-0.1, -0.05) is 25.3 Å². The van der Waals surface area contributed by atoms with Gasteiger partial charge in [-0.2, -0.15) is 12.7 Å². The Balaban J connectivity index is 1.54. The molecule has 2 aliphatic heterocycles. The topological polar surface area (TPSA) is 110 Å².